The summed E-state index contributed by atoms with van der Waals surface area (Å²) in [5.41, 5.74) is 3.42. The summed E-state index contributed by atoms with van der Waals surface area (Å²) in [6, 6.07) is 6.39. The molecule has 4 aromatic rings. The standard InChI is InChI=1S/C27H31BrN8O2/c1-27(25(37)29-2)8-7-17(13-27)33-26-32-15-21-22(28)35-36(23(21)34-26)18-5-6-19(24-31-10-11-38-24)20(12-18)16-4-3-9-30-14-16/h5-6,10-12,15-17,30H,3-4,7-9,13-14H2,1-2H3,(H,29,37)(H,32,33,34)/t16?,17-,27-/m1/s1. The average Bonchev–Trinajstić information content (AvgIpc) is 3.69. The van der Waals surface area contributed by atoms with Gasteiger partial charge < -0.3 is 20.4 Å². The van der Waals surface area contributed by atoms with Gasteiger partial charge in [0.05, 0.1) is 17.3 Å². The van der Waals surface area contributed by atoms with E-state index in [4.69, 9.17) is 14.5 Å². The van der Waals surface area contributed by atoms with Crippen molar-refractivity contribution >= 4 is 38.8 Å². The molecule has 2 fully saturated rings. The lowest BCUT2D eigenvalue weighted by molar-refractivity contribution is -0.129. The Balaban J connectivity index is 1.35. The van der Waals surface area contributed by atoms with Crippen LogP contribution in [0.25, 0.3) is 28.2 Å². The second-order valence-corrected chi connectivity index (χ2v) is 11.3. The summed E-state index contributed by atoms with van der Waals surface area (Å²) >= 11 is 3.60. The van der Waals surface area contributed by atoms with Crippen LogP contribution in [0.1, 0.15) is 50.5 Å². The van der Waals surface area contributed by atoms with E-state index in [9.17, 15) is 4.79 Å². The van der Waals surface area contributed by atoms with Gasteiger partial charge in [-0.25, -0.2) is 14.6 Å². The van der Waals surface area contributed by atoms with Crippen molar-refractivity contribution in [2.45, 2.75) is 51.0 Å². The molecule has 0 bridgehead atoms. The number of rotatable bonds is 6. The molecule has 11 heteroatoms. The summed E-state index contributed by atoms with van der Waals surface area (Å²) in [5.74, 6) is 1.58. The van der Waals surface area contributed by atoms with Gasteiger partial charge in [0, 0.05) is 36.8 Å². The van der Waals surface area contributed by atoms with Gasteiger partial charge in [-0.1, -0.05) is 6.92 Å². The molecule has 2 aliphatic rings. The lowest BCUT2D eigenvalue weighted by Gasteiger charge is -2.25. The van der Waals surface area contributed by atoms with Gasteiger partial charge in [0.1, 0.15) is 10.9 Å². The molecular formula is C27H31BrN8O2. The Labute approximate surface area is 229 Å². The fourth-order valence-electron chi connectivity index (χ4n) is 5.86. The minimum Gasteiger partial charge on any atom is -0.445 e. The number of piperidine rings is 1. The molecule has 1 amide bonds. The van der Waals surface area contributed by atoms with Crippen molar-refractivity contribution in [2.24, 2.45) is 5.41 Å². The first-order valence-corrected chi connectivity index (χ1v) is 13.9. The van der Waals surface area contributed by atoms with Crippen LogP contribution in [-0.2, 0) is 4.79 Å². The fraction of sp³-hybridized carbons (Fsp3) is 0.444. The van der Waals surface area contributed by atoms with Crippen LogP contribution >= 0.6 is 15.9 Å². The minimum absolute atomic E-state index is 0.0809. The van der Waals surface area contributed by atoms with Crippen LogP contribution in [0.3, 0.4) is 0 Å². The largest absolute Gasteiger partial charge is 0.445 e. The number of carbonyl (C=O) groups excluding carboxylic acids is 1. The van der Waals surface area contributed by atoms with E-state index >= 15 is 0 Å². The lowest BCUT2D eigenvalue weighted by Crippen LogP contribution is -2.35. The quantitative estimate of drug-likeness (QED) is 0.307. The Morgan fingerprint density at radius 3 is 2.95 bits per heavy atom. The highest BCUT2D eigenvalue weighted by Gasteiger charge is 2.41. The Morgan fingerprint density at radius 1 is 1.29 bits per heavy atom. The number of hydrogen-bond donors (Lipinski definition) is 3. The summed E-state index contributed by atoms with van der Waals surface area (Å²) in [7, 11) is 1.69. The molecule has 0 spiro atoms. The van der Waals surface area contributed by atoms with Crippen molar-refractivity contribution in [1.82, 2.24) is 35.4 Å². The van der Waals surface area contributed by atoms with E-state index in [2.05, 4.69) is 54.0 Å². The van der Waals surface area contributed by atoms with E-state index in [-0.39, 0.29) is 17.4 Å². The van der Waals surface area contributed by atoms with Crippen LogP contribution in [0.15, 0.2) is 45.9 Å². The second-order valence-electron chi connectivity index (χ2n) is 10.5. The first-order chi connectivity index (χ1) is 18.4. The number of aromatic nitrogens is 5. The molecule has 6 rings (SSSR count). The number of oxazole rings is 1. The Bertz CT molecular complexity index is 1460. The zero-order valence-electron chi connectivity index (χ0n) is 21.5. The highest BCUT2D eigenvalue weighted by Crippen LogP contribution is 2.39. The lowest BCUT2D eigenvalue weighted by atomic mass is 9.87. The summed E-state index contributed by atoms with van der Waals surface area (Å²) in [6.45, 7) is 3.97. The van der Waals surface area contributed by atoms with Gasteiger partial charge in [-0.05, 0) is 84.3 Å². The smallest absolute Gasteiger partial charge is 0.226 e. The van der Waals surface area contributed by atoms with Crippen molar-refractivity contribution < 1.29 is 9.21 Å². The molecule has 1 aliphatic heterocycles. The van der Waals surface area contributed by atoms with Crippen LogP contribution in [-0.4, -0.2) is 56.8 Å². The van der Waals surface area contributed by atoms with E-state index in [1.807, 2.05) is 17.7 Å². The zero-order chi connectivity index (χ0) is 26.3. The predicted octanol–water partition coefficient (Wildman–Crippen LogP) is 4.42. The summed E-state index contributed by atoms with van der Waals surface area (Å²) in [5, 5.41) is 15.4. The van der Waals surface area contributed by atoms with Crippen LogP contribution in [0, 0.1) is 5.41 Å². The van der Waals surface area contributed by atoms with Gasteiger partial charge >= 0.3 is 0 Å². The van der Waals surface area contributed by atoms with Crippen molar-refractivity contribution in [3.8, 4) is 17.1 Å². The van der Waals surface area contributed by atoms with Crippen molar-refractivity contribution in [2.75, 3.05) is 25.5 Å². The number of hydrogen-bond acceptors (Lipinski definition) is 8. The number of carbonyl (C=O) groups is 1. The van der Waals surface area contributed by atoms with E-state index in [0.29, 0.717) is 28.0 Å². The van der Waals surface area contributed by atoms with Crippen LogP contribution in [0.5, 0.6) is 0 Å². The number of amides is 1. The third kappa shape index (κ3) is 4.58. The van der Waals surface area contributed by atoms with Gasteiger partial charge in [-0.2, -0.15) is 10.1 Å². The molecule has 4 heterocycles. The molecule has 1 aromatic carbocycles. The summed E-state index contributed by atoms with van der Waals surface area (Å²) in [4.78, 5) is 26.2. The van der Waals surface area contributed by atoms with Gasteiger partial charge in [0.25, 0.3) is 0 Å². The third-order valence-electron chi connectivity index (χ3n) is 7.91. The highest BCUT2D eigenvalue weighted by atomic mass is 79.9. The maximum atomic E-state index is 12.4. The molecule has 38 heavy (non-hydrogen) atoms. The van der Waals surface area contributed by atoms with E-state index in [1.165, 1.54) is 5.56 Å². The Kier molecular flexibility index (Phi) is 6.65. The first-order valence-electron chi connectivity index (χ1n) is 13.1. The molecule has 1 aliphatic carbocycles. The van der Waals surface area contributed by atoms with Gasteiger partial charge in [0.2, 0.25) is 17.7 Å². The number of fused-ring (bicyclic) bond motifs is 1. The molecule has 0 radical (unpaired) electrons. The number of anilines is 1. The molecule has 10 nitrogen and oxygen atoms in total. The summed E-state index contributed by atoms with van der Waals surface area (Å²) < 4.78 is 8.21. The van der Waals surface area contributed by atoms with E-state index < -0.39 is 0 Å². The number of nitrogens with zero attached hydrogens (tertiary/aromatic N) is 5. The Hall–Kier alpha value is -3.31. The van der Waals surface area contributed by atoms with Crippen LogP contribution in [0.4, 0.5) is 5.95 Å². The molecule has 198 valence electrons. The van der Waals surface area contributed by atoms with Gasteiger partial charge in [0.15, 0.2) is 5.65 Å². The van der Waals surface area contributed by atoms with Crippen molar-refractivity contribution in [3.05, 3.63) is 47.0 Å². The van der Waals surface area contributed by atoms with E-state index in [0.717, 1.165) is 61.8 Å². The number of halogens is 1. The molecule has 3 aromatic heterocycles. The van der Waals surface area contributed by atoms with Gasteiger partial charge in [-0.15, -0.1) is 0 Å². The van der Waals surface area contributed by atoms with E-state index in [1.54, 1.807) is 25.7 Å². The Morgan fingerprint density at radius 2 is 2.18 bits per heavy atom. The van der Waals surface area contributed by atoms with Gasteiger partial charge in [-0.3, -0.25) is 4.79 Å². The maximum absolute atomic E-state index is 12.4. The zero-order valence-corrected chi connectivity index (χ0v) is 23.1. The number of benzene rings is 1. The third-order valence-corrected chi connectivity index (χ3v) is 8.49. The highest BCUT2D eigenvalue weighted by molar-refractivity contribution is 9.10. The monoisotopic (exact) mass is 578 g/mol. The summed E-state index contributed by atoms with van der Waals surface area (Å²) in [6.07, 6.45) is 9.74. The topological polar surface area (TPSA) is 123 Å². The molecular weight excluding hydrogens is 548 g/mol. The minimum atomic E-state index is -0.379. The number of nitrogens with one attached hydrogen (secondary N) is 3. The van der Waals surface area contributed by atoms with Crippen molar-refractivity contribution in [1.29, 1.82) is 0 Å². The molecule has 3 atom stereocenters. The van der Waals surface area contributed by atoms with Crippen LogP contribution in [0.2, 0.25) is 0 Å². The molecule has 1 saturated carbocycles. The first kappa shape index (κ1) is 25.0. The second kappa shape index (κ2) is 10.1. The normalized spacial score (nSPS) is 23.6. The van der Waals surface area contributed by atoms with Crippen molar-refractivity contribution in [3.63, 3.8) is 0 Å². The maximum Gasteiger partial charge on any atom is 0.226 e. The molecule has 1 unspecified atom stereocenters. The predicted molar refractivity (Wildman–Crippen MR) is 148 cm³/mol. The average molecular weight is 580 g/mol. The SMILES string of the molecule is CNC(=O)[C@]1(C)CC[C@@H](Nc2ncc3c(Br)nn(-c4ccc(-c5ncco5)c(C5CCCNC5)c4)c3n2)C1. The fourth-order valence-corrected chi connectivity index (χ4v) is 6.30. The van der Waals surface area contributed by atoms with Crippen LogP contribution < -0.4 is 16.0 Å². The molecule has 1 saturated heterocycles. The molecule has 3 N–H and O–H groups in total.